The second-order valence-corrected chi connectivity index (χ2v) is 7.12. The minimum absolute atomic E-state index is 0.0961. The molecule has 3 aromatic rings. The van der Waals surface area contributed by atoms with Crippen molar-refractivity contribution in [2.75, 3.05) is 5.32 Å². The van der Waals surface area contributed by atoms with Gasteiger partial charge in [-0.15, -0.1) is 5.10 Å². The van der Waals surface area contributed by atoms with Gasteiger partial charge in [0.2, 0.25) is 5.91 Å². The third-order valence-corrected chi connectivity index (χ3v) is 5.15. The fourth-order valence-corrected chi connectivity index (χ4v) is 3.84. The highest BCUT2D eigenvalue weighted by Crippen LogP contribution is 2.46. The number of rotatable bonds is 3. The van der Waals surface area contributed by atoms with Crippen LogP contribution in [-0.2, 0) is 11.3 Å². The van der Waals surface area contributed by atoms with Crippen molar-refractivity contribution in [1.82, 2.24) is 15.0 Å². The Morgan fingerprint density at radius 2 is 1.89 bits per heavy atom. The molecule has 1 aliphatic carbocycles. The van der Waals surface area contributed by atoms with E-state index in [2.05, 4.69) is 15.6 Å². The van der Waals surface area contributed by atoms with Crippen LogP contribution in [0, 0.1) is 0 Å². The number of benzene rings is 2. The summed E-state index contributed by atoms with van der Waals surface area (Å²) in [7, 11) is 0. The Balaban J connectivity index is 1.29. The number of nitrogens with one attached hydrogen (secondary N) is 1. The average molecular weight is 364 g/mol. The second kappa shape index (κ2) is 6.26. The third-order valence-electron chi connectivity index (χ3n) is 5.15. The number of carbonyl (C=O) groups is 1. The van der Waals surface area contributed by atoms with E-state index in [1.165, 1.54) is 6.42 Å². The molecule has 5 rings (SSSR count). The molecule has 7 nitrogen and oxygen atoms in total. The van der Waals surface area contributed by atoms with Crippen molar-refractivity contribution < 1.29 is 14.3 Å². The summed E-state index contributed by atoms with van der Waals surface area (Å²) in [6.07, 6.45) is 5.27. The number of nitrogens with zero attached hydrogens (tertiary/aromatic N) is 3. The molecule has 1 fully saturated rings. The highest BCUT2D eigenvalue weighted by Gasteiger charge is 2.42. The molecule has 1 N–H and O–H groups in total. The Morgan fingerprint density at radius 1 is 1.07 bits per heavy atom. The lowest BCUT2D eigenvalue weighted by molar-refractivity contribution is -0.116. The number of para-hydroxylation sites is 1. The summed E-state index contributed by atoms with van der Waals surface area (Å²) in [4.78, 5) is 12.4. The van der Waals surface area contributed by atoms with E-state index in [1.807, 2.05) is 42.5 Å². The van der Waals surface area contributed by atoms with Gasteiger partial charge in [-0.1, -0.05) is 23.8 Å². The van der Waals surface area contributed by atoms with Crippen LogP contribution in [0.1, 0.15) is 32.1 Å². The highest BCUT2D eigenvalue weighted by molar-refractivity contribution is 5.91. The summed E-state index contributed by atoms with van der Waals surface area (Å²) in [5, 5.41) is 11.0. The molecule has 0 unspecified atom stereocenters. The predicted octanol–water partition coefficient (Wildman–Crippen LogP) is 3.50. The van der Waals surface area contributed by atoms with E-state index in [1.54, 1.807) is 4.68 Å². The lowest BCUT2D eigenvalue weighted by Gasteiger charge is -2.31. The average Bonchev–Trinajstić information content (AvgIpc) is 3.23. The van der Waals surface area contributed by atoms with Crippen molar-refractivity contribution in [2.45, 2.75) is 44.4 Å². The van der Waals surface area contributed by atoms with Gasteiger partial charge in [0.05, 0.1) is 5.52 Å². The Kier molecular flexibility index (Phi) is 3.74. The van der Waals surface area contributed by atoms with Gasteiger partial charge in [0.1, 0.15) is 12.1 Å². The van der Waals surface area contributed by atoms with Crippen molar-refractivity contribution >= 4 is 22.6 Å². The van der Waals surface area contributed by atoms with Crippen LogP contribution in [0.4, 0.5) is 5.69 Å². The first-order valence-electron chi connectivity index (χ1n) is 9.31. The Bertz CT molecular complexity index is 1010. The quantitative estimate of drug-likeness (QED) is 0.769. The van der Waals surface area contributed by atoms with E-state index in [0.717, 1.165) is 42.5 Å². The zero-order valence-electron chi connectivity index (χ0n) is 14.9. The van der Waals surface area contributed by atoms with Crippen molar-refractivity contribution in [1.29, 1.82) is 0 Å². The van der Waals surface area contributed by atoms with E-state index in [0.29, 0.717) is 11.4 Å². The van der Waals surface area contributed by atoms with E-state index in [-0.39, 0.29) is 12.5 Å². The van der Waals surface area contributed by atoms with Gasteiger partial charge in [0.15, 0.2) is 11.5 Å². The molecule has 27 heavy (non-hydrogen) atoms. The molecular formula is C20H20N4O3. The SMILES string of the molecule is O=C(Cn1nnc2ccccc21)Nc1ccc2c(c1)OC1(CCCCC1)O2. The first-order valence-corrected chi connectivity index (χ1v) is 9.31. The van der Waals surface area contributed by atoms with Crippen LogP contribution in [0.15, 0.2) is 42.5 Å². The third kappa shape index (κ3) is 2.99. The van der Waals surface area contributed by atoms with Crippen molar-refractivity contribution in [2.24, 2.45) is 0 Å². The van der Waals surface area contributed by atoms with Crippen LogP contribution in [0.5, 0.6) is 11.5 Å². The number of hydrogen-bond donors (Lipinski definition) is 1. The molecule has 2 heterocycles. The zero-order chi connectivity index (χ0) is 18.3. The van der Waals surface area contributed by atoms with Gasteiger partial charge in [0.25, 0.3) is 5.79 Å². The molecule has 2 aliphatic rings. The van der Waals surface area contributed by atoms with Crippen molar-refractivity contribution in [3.63, 3.8) is 0 Å². The Morgan fingerprint density at radius 3 is 2.78 bits per heavy atom. The van der Waals surface area contributed by atoms with Gasteiger partial charge >= 0.3 is 0 Å². The van der Waals surface area contributed by atoms with Crippen LogP contribution in [0.25, 0.3) is 11.0 Å². The molecule has 2 aromatic carbocycles. The molecule has 0 atom stereocenters. The summed E-state index contributed by atoms with van der Waals surface area (Å²) in [6, 6.07) is 13.1. The molecular weight excluding hydrogens is 344 g/mol. The number of carbonyl (C=O) groups excluding carboxylic acids is 1. The summed E-state index contributed by atoms with van der Waals surface area (Å²) >= 11 is 0. The minimum Gasteiger partial charge on any atom is -0.448 e. The predicted molar refractivity (Wildman–Crippen MR) is 99.7 cm³/mol. The first kappa shape index (κ1) is 16.1. The minimum atomic E-state index is -0.511. The normalized spacial score (nSPS) is 17.3. The maximum atomic E-state index is 12.4. The van der Waals surface area contributed by atoms with Gasteiger partial charge in [-0.2, -0.15) is 0 Å². The summed E-state index contributed by atoms with van der Waals surface area (Å²) in [5.74, 6) is 0.762. The molecule has 7 heteroatoms. The molecule has 1 saturated carbocycles. The van der Waals surface area contributed by atoms with Gasteiger partial charge in [-0.25, -0.2) is 4.68 Å². The molecule has 1 aliphatic heterocycles. The van der Waals surface area contributed by atoms with E-state index < -0.39 is 5.79 Å². The molecule has 0 radical (unpaired) electrons. The fraction of sp³-hybridized carbons (Fsp3) is 0.350. The van der Waals surface area contributed by atoms with Crippen LogP contribution in [0.3, 0.4) is 0 Å². The van der Waals surface area contributed by atoms with Crippen LogP contribution in [0.2, 0.25) is 0 Å². The first-order chi connectivity index (χ1) is 13.2. The van der Waals surface area contributed by atoms with Gasteiger partial charge in [-0.3, -0.25) is 4.79 Å². The van der Waals surface area contributed by atoms with Gasteiger partial charge < -0.3 is 14.8 Å². The fourth-order valence-electron chi connectivity index (χ4n) is 3.84. The zero-order valence-corrected chi connectivity index (χ0v) is 14.9. The molecule has 0 bridgehead atoms. The van der Waals surface area contributed by atoms with Crippen LogP contribution >= 0.6 is 0 Å². The molecule has 138 valence electrons. The van der Waals surface area contributed by atoms with E-state index in [4.69, 9.17) is 9.47 Å². The topological polar surface area (TPSA) is 78.3 Å². The number of aromatic nitrogens is 3. The molecule has 1 aromatic heterocycles. The maximum Gasteiger partial charge on any atom is 0.251 e. The number of hydrogen-bond acceptors (Lipinski definition) is 5. The van der Waals surface area contributed by atoms with E-state index >= 15 is 0 Å². The highest BCUT2D eigenvalue weighted by atomic mass is 16.7. The van der Waals surface area contributed by atoms with Crippen LogP contribution in [-0.4, -0.2) is 26.7 Å². The smallest absolute Gasteiger partial charge is 0.251 e. The maximum absolute atomic E-state index is 12.4. The Labute approximate surface area is 156 Å². The Hall–Kier alpha value is -3.09. The summed E-state index contributed by atoms with van der Waals surface area (Å²) in [5.41, 5.74) is 2.28. The van der Waals surface area contributed by atoms with Crippen LogP contribution < -0.4 is 14.8 Å². The standard InChI is InChI=1S/C20H20N4O3/c25-19(13-24-16-7-3-2-6-15(16)22-23-24)21-14-8-9-17-18(12-14)27-20(26-17)10-4-1-5-11-20/h2-3,6-9,12H,1,4-5,10-11,13H2,(H,21,25). The monoisotopic (exact) mass is 364 g/mol. The largest absolute Gasteiger partial charge is 0.448 e. The number of anilines is 1. The number of amides is 1. The second-order valence-electron chi connectivity index (χ2n) is 7.12. The summed E-state index contributed by atoms with van der Waals surface area (Å²) in [6.45, 7) is 0.0961. The van der Waals surface area contributed by atoms with E-state index in [9.17, 15) is 4.79 Å². The summed E-state index contributed by atoms with van der Waals surface area (Å²) < 4.78 is 13.8. The van der Waals surface area contributed by atoms with Crippen molar-refractivity contribution in [3.8, 4) is 11.5 Å². The van der Waals surface area contributed by atoms with Crippen molar-refractivity contribution in [3.05, 3.63) is 42.5 Å². The molecule has 1 spiro atoms. The van der Waals surface area contributed by atoms with Gasteiger partial charge in [0, 0.05) is 24.6 Å². The lowest BCUT2D eigenvalue weighted by Crippen LogP contribution is -2.40. The number of ether oxygens (including phenoxy) is 2. The number of fused-ring (bicyclic) bond motifs is 2. The lowest BCUT2D eigenvalue weighted by atomic mass is 9.94. The molecule has 1 amide bonds. The molecule has 0 saturated heterocycles. The van der Waals surface area contributed by atoms with Gasteiger partial charge in [-0.05, 0) is 37.1 Å².